The van der Waals surface area contributed by atoms with Gasteiger partial charge in [0.05, 0.1) is 6.42 Å². The maximum absolute atomic E-state index is 12.2. The van der Waals surface area contributed by atoms with Crippen molar-refractivity contribution in [1.82, 2.24) is 4.90 Å². The van der Waals surface area contributed by atoms with E-state index in [1.54, 1.807) is 4.90 Å². The lowest BCUT2D eigenvalue weighted by molar-refractivity contribution is -0.139. The fraction of sp³-hybridized carbons (Fsp3) is 0.769. The van der Waals surface area contributed by atoms with Crippen LogP contribution in [0.3, 0.4) is 0 Å². The molecule has 1 unspecified atom stereocenters. The number of rotatable bonds is 8. The van der Waals surface area contributed by atoms with Crippen molar-refractivity contribution in [2.24, 2.45) is 4.99 Å². The molecule has 1 fully saturated rings. The Kier molecular flexibility index (Phi) is 6.91. The molecule has 0 aromatic carbocycles. The van der Waals surface area contributed by atoms with Gasteiger partial charge in [-0.25, -0.2) is 0 Å². The summed E-state index contributed by atoms with van der Waals surface area (Å²) in [6.07, 6.45) is 3.84. The van der Waals surface area contributed by atoms with Crippen molar-refractivity contribution in [3.63, 3.8) is 0 Å². The number of carboxylic acids is 1. The van der Waals surface area contributed by atoms with Gasteiger partial charge in [-0.2, -0.15) is 0 Å². The molecule has 1 atom stereocenters. The van der Waals surface area contributed by atoms with Gasteiger partial charge in [0.15, 0.2) is 5.17 Å². The summed E-state index contributed by atoms with van der Waals surface area (Å²) >= 11 is 1.30. The van der Waals surface area contributed by atoms with Gasteiger partial charge in [0.2, 0.25) is 5.91 Å². The fourth-order valence-corrected chi connectivity index (χ4v) is 2.96. The van der Waals surface area contributed by atoms with Gasteiger partial charge in [0.25, 0.3) is 0 Å². The van der Waals surface area contributed by atoms with Crippen LogP contribution in [0.25, 0.3) is 0 Å². The number of thioether (sulfide) groups is 1. The van der Waals surface area contributed by atoms with Gasteiger partial charge >= 0.3 is 5.97 Å². The summed E-state index contributed by atoms with van der Waals surface area (Å²) in [5, 5.41) is 9.03. The highest BCUT2D eigenvalue weighted by Gasteiger charge is 2.38. The molecule has 19 heavy (non-hydrogen) atoms. The zero-order valence-corrected chi connectivity index (χ0v) is 12.4. The highest BCUT2D eigenvalue weighted by Crippen LogP contribution is 2.29. The Morgan fingerprint density at radius 1 is 1.37 bits per heavy atom. The number of aliphatic carboxylic acids is 1. The number of carboxylic acid groups (broad SMARTS) is 1. The van der Waals surface area contributed by atoms with E-state index >= 15 is 0 Å². The average Bonchev–Trinajstić information content (AvgIpc) is 2.64. The maximum Gasteiger partial charge on any atom is 0.305 e. The summed E-state index contributed by atoms with van der Waals surface area (Å²) in [7, 11) is 0. The number of carbonyl (C=O) groups excluding carboxylic acids is 1. The molecule has 1 heterocycles. The third kappa shape index (κ3) is 4.86. The van der Waals surface area contributed by atoms with Gasteiger partial charge in [0, 0.05) is 13.1 Å². The molecule has 0 radical (unpaired) electrons. The minimum atomic E-state index is -0.934. The molecule has 1 N–H and O–H groups in total. The molecule has 0 aromatic heterocycles. The number of amidine groups is 1. The van der Waals surface area contributed by atoms with Crippen molar-refractivity contribution in [3.05, 3.63) is 0 Å². The molecular weight excluding hydrogens is 264 g/mol. The maximum atomic E-state index is 12.2. The Hall–Kier alpha value is -1.04. The van der Waals surface area contributed by atoms with Crippen molar-refractivity contribution in [1.29, 1.82) is 0 Å². The van der Waals surface area contributed by atoms with E-state index in [0.717, 1.165) is 25.7 Å². The van der Waals surface area contributed by atoms with E-state index in [-0.39, 0.29) is 12.3 Å². The van der Waals surface area contributed by atoms with Crippen molar-refractivity contribution >= 4 is 28.8 Å². The first-order valence-corrected chi connectivity index (χ1v) is 7.72. The van der Waals surface area contributed by atoms with Gasteiger partial charge in [-0.15, -0.1) is 0 Å². The summed E-state index contributed by atoms with van der Waals surface area (Å²) in [4.78, 5) is 29.0. The Balaban J connectivity index is 2.72. The lowest BCUT2D eigenvalue weighted by Crippen LogP contribution is -2.33. The van der Waals surface area contributed by atoms with Crippen LogP contribution in [0.2, 0.25) is 0 Å². The molecule has 1 amide bonds. The predicted molar refractivity (Wildman–Crippen MR) is 77.5 cm³/mol. The molecule has 1 aliphatic rings. The van der Waals surface area contributed by atoms with Crippen molar-refractivity contribution < 1.29 is 14.7 Å². The number of unbranched alkanes of at least 4 members (excludes halogenated alkanes) is 2. The van der Waals surface area contributed by atoms with Crippen LogP contribution in [0, 0.1) is 0 Å². The van der Waals surface area contributed by atoms with Crippen LogP contribution in [-0.2, 0) is 9.59 Å². The second-order valence-corrected chi connectivity index (χ2v) is 5.74. The molecule has 5 nitrogen and oxygen atoms in total. The summed E-state index contributed by atoms with van der Waals surface area (Å²) in [5.74, 6) is -1.04. The van der Waals surface area contributed by atoms with E-state index in [0.29, 0.717) is 18.3 Å². The first kappa shape index (κ1) is 16.0. The van der Waals surface area contributed by atoms with Crippen LogP contribution in [-0.4, -0.2) is 45.4 Å². The van der Waals surface area contributed by atoms with Gasteiger partial charge in [0.1, 0.15) is 5.25 Å². The SMILES string of the molecule is CCCCN=C1SC(CC(=O)O)C(=O)N1CCCC. The van der Waals surface area contributed by atoms with Crippen LogP contribution in [0.15, 0.2) is 4.99 Å². The van der Waals surface area contributed by atoms with Gasteiger partial charge in [-0.3, -0.25) is 19.5 Å². The minimum Gasteiger partial charge on any atom is -0.481 e. The lowest BCUT2D eigenvalue weighted by Gasteiger charge is -2.15. The Labute approximate surface area is 118 Å². The number of carbonyl (C=O) groups is 2. The quantitative estimate of drug-likeness (QED) is 0.695. The molecule has 0 aliphatic carbocycles. The summed E-state index contributed by atoms with van der Waals surface area (Å²) in [6, 6.07) is 0. The van der Waals surface area contributed by atoms with Crippen LogP contribution < -0.4 is 0 Å². The summed E-state index contributed by atoms with van der Waals surface area (Å²) in [5.41, 5.74) is 0. The fourth-order valence-electron chi connectivity index (χ4n) is 1.77. The third-order valence-electron chi connectivity index (χ3n) is 2.87. The van der Waals surface area contributed by atoms with Crippen molar-refractivity contribution in [2.75, 3.05) is 13.1 Å². The zero-order valence-electron chi connectivity index (χ0n) is 11.6. The Bertz CT molecular complexity index is 358. The van der Waals surface area contributed by atoms with Crippen molar-refractivity contribution in [2.45, 2.75) is 51.2 Å². The van der Waals surface area contributed by atoms with Crippen LogP contribution >= 0.6 is 11.8 Å². The molecule has 0 saturated carbocycles. The van der Waals surface area contributed by atoms with Crippen LogP contribution in [0.4, 0.5) is 0 Å². The number of aliphatic imine (C=N–C) groups is 1. The molecule has 1 rings (SSSR count). The molecule has 1 saturated heterocycles. The highest BCUT2D eigenvalue weighted by atomic mass is 32.2. The van der Waals surface area contributed by atoms with E-state index in [2.05, 4.69) is 18.8 Å². The summed E-state index contributed by atoms with van der Waals surface area (Å²) < 4.78 is 0. The van der Waals surface area contributed by atoms with Gasteiger partial charge in [-0.05, 0) is 12.8 Å². The minimum absolute atomic E-state index is 0.101. The van der Waals surface area contributed by atoms with E-state index in [4.69, 9.17) is 5.11 Å². The molecule has 0 aromatic rings. The van der Waals surface area contributed by atoms with E-state index in [9.17, 15) is 9.59 Å². The predicted octanol–water partition coefficient (Wildman–Crippen LogP) is 2.36. The standard InChI is InChI=1S/C13H22N2O3S/c1-3-5-7-14-13-15(8-6-4-2)12(18)10(19-13)9-11(16)17/h10H,3-9H2,1-2H3,(H,16,17). The molecule has 1 aliphatic heterocycles. The summed E-state index contributed by atoms with van der Waals surface area (Å²) in [6.45, 7) is 5.50. The van der Waals surface area contributed by atoms with E-state index < -0.39 is 11.2 Å². The first-order valence-electron chi connectivity index (χ1n) is 6.84. The zero-order chi connectivity index (χ0) is 14.3. The normalized spacial score (nSPS) is 21.4. The van der Waals surface area contributed by atoms with E-state index in [1.807, 2.05) is 0 Å². The largest absolute Gasteiger partial charge is 0.481 e. The van der Waals surface area contributed by atoms with Gasteiger partial charge < -0.3 is 5.11 Å². The Morgan fingerprint density at radius 3 is 2.63 bits per heavy atom. The number of nitrogens with zero attached hydrogens (tertiary/aromatic N) is 2. The molecule has 0 spiro atoms. The number of hydrogen-bond donors (Lipinski definition) is 1. The monoisotopic (exact) mass is 286 g/mol. The van der Waals surface area contributed by atoms with E-state index in [1.165, 1.54) is 11.8 Å². The number of hydrogen-bond acceptors (Lipinski definition) is 4. The van der Waals surface area contributed by atoms with Crippen molar-refractivity contribution in [3.8, 4) is 0 Å². The number of amides is 1. The topological polar surface area (TPSA) is 70.0 Å². The third-order valence-corrected chi connectivity index (χ3v) is 4.09. The highest BCUT2D eigenvalue weighted by molar-refractivity contribution is 8.15. The van der Waals surface area contributed by atoms with Crippen LogP contribution in [0.1, 0.15) is 46.0 Å². The lowest BCUT2D eigenvalue weighted by atomic mass is 10.2. The first-order chi connectivity index (χ1) is 9.10. The van der Waals surface area contributed by atoms with Gasteiger partial charge in [-0.1, -0.05) is 38.5 Å². The molecular formula is C13H22N2O3S. The molecule has 108 valence electrons. The van der Waals surface area contributed by atoms with Crippen LogP contribution in [0.5, 0.6) is 0 Å². The molecule has 6 heteroatoms. The Morgan fingerprint density at radius 2 is 2.05 bits per heavy atom. The smallest absolute Gasteiger partial charge is 0.305 e. The second kappa shape index (κ2) is 8.19. The average molecular weight is 286 g/mol. The molecule has 0 bridgehead atoms. The second-order valence-electron chi connectivity index (χ2n) is 4.57.